The first-order valence-electron chi connectivity index (χ1n) is 1.86. The Morgan fingerprint density at radius 3 is 2.56 bits per heavy atom. The second-order valence-corrected chi connectivity index (χ2v) is 1.73. The van der Waals surface area contributed by atoms with Crippen molar-refractivity contribution in [3.8, 4) is 0 Å². The number of hydrogen-bond donors (Lipinski definition) is 2. The van der Waals surface area contributed by atoms with Gasteiger partial charge in [-0.2, -0.15) is 12.8 Å². The molecule has 6 nitrogen and oxygen atoms in total. The first-order chi connectivity index (χ1) is 4.16. The lowest BCUT2D eigenvalue weighted by molar-refractivity contribution is -0.127. The van der Waals surface area contributed by atoms with E-state index < -0.39 is 23.0 Å². The van der Waals surface area contributed by atoms with Crippen molar-refractivity contribution in [2.24, 2.45) is 4.36 Å². The summed E-state index contributed by atoms with van der Waals surface area (Å²) in [6.07, 6.45) is 0. The fourth-order valence-electron chi connectivity index (χ4n) is 0.147. The molecule has 0 spiro atoms. The van der Waals surface area contributed by atoms with E-state index in [0.717, 1.165) is 0 Å². The molecule has 0 radical (unpaired) electrons. The van der Waals surface area contributed by atoms with Crippen molar-refractivity contribution in [3.63, 3.8) is 0 Å². The smallest absolute Gasteiger partial charge is 0.289 e. The van der Waals surface area contributed by atoms with Crippen molar-refractivity contribution >= 4 is 16.4 Å². The highest BCUT2D eigenvalue weighted by atomic mass is 32.2. The van der Waals surface area contributed by atoms with Gasteiger partial charge in [-0.3, -0.25) is 10.0 Å². The van der Waals surface area contributed by atoms with E-state index in [9.17, 15) is 13.2 Å². The van der Waals surface area contributed by atoms with Crippen LogP contribution in [0.25, 0.3) is 0 Å². The van der Waals surface area contributed by atoms with Crippen LogP contribution in [0.5, 0.6) is 0 Å². The molecule has 0 saturated heterocycles. The molecular formula is C2H4N2O4S. The minimum Gasteiger partial charge on any atom is -0.289 e. The molecule has 0 saturated carbocycles. The topological polar surface area (TPSA) is 95.8 Å². The molecule has 1 amide bonds. The molecule has 0 atom stereocenters. The van der Waals surface area contributed by atoms with E-state index in [0.29, 0.717) is 0 Å². The summed E-state index contributed by atoms with van der Waals surface area (Å²) < 4.78 is 21.9. The van der Waals surface area contributed by atoms with Crippen molar-refractivity contribution in [3.05, 3.63) is 0 Å². The molecule has 7 heteroatoms. The number of amides is 1. The van der Waals surface area contributed by atoms with Gasteiger partial charge in [0.2, 0.25) is 0 Å². The summed E-state index contributed by atoms with van der Waals surface area (Å²) in [6, 6.07) is 0. The second kappa shape index (κ2) is 3.98. The van der Waals surface area contributed by atoms with E-state index in [-0.39, 0.29) is 0 Å². The molecule has 9 heavy (non-hydrogen) atoms. The van der Waals surface area contributed by atoms with Crippen molar-refractivity contribution < 1.29 is 18.4 Å². The van der Waals surface area contributed by atoms with Gasteiger partial charge in [-0.25, -0.2) is 5.48 Å². The number of hydroxylamine groups is 1. The number of carbonyl (C=O) groups excluding carboxylic acids is 1. The molecule has 0 bridgehead atoms. The van der Waals surface area contributed by atoms with E-state index in [1.54, 1.807) is 0 Å². The molecule has 0 aromatic carbocycles. The zero-order valence-electron chi connectivity index (χ0n) is 4.23. The maximum Gasteiger partial charge on any atom is 0.311 e. The largest absolute Gasteiger partial charge is 0.311 e. The van der Waals surface area contributed by atoms with E-state index in [4.69, 9.17) is 5.21 Å². The van der Waals surface area contributed by atoms with E-state index in [2.05, 4.69) is 4.36 Å². The Morgan fingerprint density at radius 2 is 2.22 bits per heavy atom. The number of hydrogen-bond acceptors (Lipinski definition) is 5. The highest BCUT2D eigenvalue weighted by Crippen LogP contribution is 1.66. The zero-order valence-corrected chi connectivity index (χ0v) is 5.05. The summed E-state index contributed by atoms with van der Waals surface area (Å²) in [7, 11) is -2.58. The van der Waals surface area contributed by atoms with Gasteiger partial charge in [-0.15, -0.1) is 0 Å². The molecule has 0 unspecified atom stereocenters. The fraction of sp³-hybridized carbons (Fsp3) is 0.500. The molecular weight excluding hydrogens is 148 g/mol. The molecule has 0 fully saturated rings. The molecule has 2 N–H and O–H groups in total. The monoisotopic (exact) mass is 152 g/mol. The van der Waals surface area contributed by atoms with Crippen molar-refractivity contribution in [1.29, 1.82) is 0 Å². The first kappa shape index (κ1) is 8.05. The van der Waals surface area contributed by atoms with Gasteiger partial charge in [-0.05, 0) is 0 Å². The predicted octanol–water partition coefficient (Wildman–Crippen LogP) is -1.45. The van der Waals surface area contributed by atoms with Crippen molar-refractivity contribution in [2.45, 2.75) is 0 Å². The van der Waals surface area contributed by atoms with Gasteiger partial charge in [0.15, 0.2) is 0 Å². The molecule has 0 aliphatic carbocycles. The van der Waals surface area contributed by atoms with Gasteiger partial charge in [0.05, 0.1) is 0 Å². The third-order valence-corrected chi connectivity index (χ3v) is 0.778. The highest BCUT2D eigenvalue weighted by Gasteiger charge is 1.93. The van der Waals surface area contributed by atoms with Crippen molar-refractivity contribution in [1.82, 2.24) is 5.48 Å². The van der Waals surface area contributed by atoms with Gasteiger partial charge in [0.25, 0.3) is 5.91 Å². The van der Waals surface area contributed by atoms with Crippen LogP contribution in [0, 0.1) is 0 Å². The molecule has 0 aliphatic rings. The summed E-state index contributed by atoms with van der Waals surface area (Å²) in [5.41, 5.74) is 1.21. The minimum atomic E-state index is -2.58. The Balaban J connectivity index is 3.78. The van der Waals surface area contributed by atoms with Gasteiger partial charge in [-0.1, -0.05) is 0 Å². The number of rotatable bonds is 2. The van der Waals surface area contributed by atoms with Crippen LogP contribution >= 0.6 is 0 Å². The van der Waals surface area contributed by atoms with Gasteiger partial charge >= 0.3 is 10.5 Å². The maximum atomic E-state index is 9.99. The van der Waals surface area contributed by atoms with Crippen LogP contribution in [0.1, 0.15) is 0 Å². The van der Waals surface area contributed by atoms with Crippen LogP contribution in [0.3, 0.4) is 0 Å². The average molecular weight is 152 g/mol. The highest BCUT2D eigenvalue weighted by molar-refractivity contribution is 7.61. The van der Waals surface area contributed by atoms with Gasteiger partial charge < -0.3 is 0 Å². The Kier molecular flexibility index (Phi) is 3.56. The zero-order chi connectivity index (χ0) is 7.28. The Bertz CT molecular complexity index is 209. The van der Waals surface area contributed by atoms with E-state index in [1.165, 1.54) is 5.48 Å². The molecule has 0 aliphatic heterocycles. The van der Waals surface area contributed by atoms with Crippen LogP contribution < -0.4 is 5.48 Å². The van der Waals surface area contributed by atoms with Crippen LogP contribution in [-0.4, -0.2) is 26.1 Å². The quantitative estimate of drug-likeness (QED) is 0.374. The molecule has 0 aromatic heterocycles. The van der Waals surface area contributed by atoms with E-state index >= 15 is 0 Å². The molecule has 0 aromatic rings. The fourth-order valence-corrected chi connectivity index (χ4v) is 0.369. The van der Waals surface area contributed by atoms with Crippen molar-refractivity contribution in [2.75, 3.05) is 6.54 Å². The Morgan fingerprint density at radius 1 is 1.67 bits per heavy atom. The molecule has 52 valence electrons. The standard InChI is InChI=1S/C2H4N2O4S/c5-2(4-6)1-3-9(7)8/h6H,1H2,(H,4,5). The van der Waals surface area contributed by atoms with Gasteiger partial charge in [0.1, 0.15) is 6.54 Å². The third kappa shape index (κ3) is 4.91. The van der Waals surface area contributed by atoms with E-state index in [1.807, 2.05) is 0 Å². The average Bonchev–Trinajstić information content (AvgIpc) is 1.83. The van der Waals surface area contributed by atoms with Gasteiger partial charge in [0, 0.05) is 0 Å². The van der Waals surface area contributed by atoms with Crippen LogP contribution in [0.15, 0.2) is 4.36 Å². The molecule has 0 heterocycles. The van der Waals surface area contributed by atoms with Crippen LogP contribution in [0.4, 0.5) is 0 Å². The SMILES string of the molecule is O=C(CN=S(=O)=O)NO. The summed E-state index contributed by atoms with van der Waals surface area (Å²) in [4.78, 5) is 9.99. The Hall–Kier alpha value is -0.950. The normalized spacial score (nSPS) is 8.11. The summed E-state index contributed by atoms with van der Waals surface area (Å²) >= 11 is 0. The summed E-state index contributed by atoms with van der Waals surface area (Å²) in [5.74, 6) is -0.862. The molecule has 0 rings (SSSR count). The minimum absolute atomic E-state index is 0.577. The van der Waals surface area contributed by atoms with Crippen LogP contribution in [0.2, 0.25) is 0 Å². The maximum absolute atomic E-state index is 9.99. The third-order valence-electron chi connectivity index (χ3n) is 0.438. The number of carbonyl (C=O) groups is 1. The second-order valence-electron chi connectivity index (χ2n) is 1.04. The van der Waals surface area contributed by atoms with Crippen LogP contribution in [-0.2, 0) is 15.3 Å². The number of nitrogens with one attached hydrogen (secondary N) is 1. The number of nitrogens with zero attached hydrogens (tertiary/aromatic N) is 1. The lowest BCUT2D eigenvalue weighted by atomic mass is 10.7. The lowest BCUT2D eigenvalue weighted by Gasteiger charge is -1.86. The predicted molar refractivity (Wildman–Crippen MR) is 26.1 cm³/mol. The summed E-state index contributed by atoms with van der Waals surface area (Å²) in [6.45, 7) is -0.577. The Labute approximate surface area is 52.2 Å². The lowest BCUT2D eigenvalue weighted by Crippen LogP contribution is -2.20. The first-order valence-corrected chi connectivity index (χ1v) is 2.90. The summed E-state index contributed by atoms with van der Waals surface area (Å²) in [5, 5.41) is 7.79.